The Bertz CT molecular complexity index is 268. The Morgan fingerprint density at radius 3 is 2.53 bits per heavy atom. The maximum absolute atomic E-state index is 3.55. The molecule has 1 unspecified atom stereocenters. The van der Waals surface area contributed by atoms with E-state index in [0.29, 0.717) is 6.04 Å². The fourth-order valence-corrected chi connectivity index (χ4v) is 1.87. The highest BCUT2D eigenvalue weighted by Gasteiger charge is 2.00. The van der Waals surface area contributed by atoms with E-state index in [-0.39, 0.29) is 0 Å². The van der Waals surface area contributed by atoms with Gasteiger partial charge in [-0.3, -0.25) is 0 Å². The molecule has 0 bridgehead atoms. The monoisotopic (exact) mass is 317 g/mol. The van der Waals surface area contributed by atoms with Gasteiger partial charge >= 0.3 is 0 Å². The first-order chi connectivity index (χ1) is 7.22. The highest BCUT2D eigenvalue weighted by atomic mass is 127. The summed E-state index contributed by atoms with van der Waals surface area (Å²) in [6, 6.07) is 9.34. The van der Waals surface area contributed by atoms with Gasteiger partial charge in [-0.25, -0.2) is 0 Å². The Labute approximate surface area is 107 Å². The smallest absolute Gasteiger partial charge is 0.0207 e. The summed E-state index contributed by atoms with van der Waals surface area (Å²) in [5, 5.41) is 3.55. The number of benzene rings is 1. The fraction of sp³-hybridized carbons (Fsp3) is 0.538. The van der Waals surface area contributed by atoms with Crippen molar-refractivity contribution in [3.05, 3.63) is 33.4 Å². The SMILES string of the molecule is CCCCC(C)NCc1ccc(I)cc1. The van der Waals surface area contributed by atoms with Crippen LogP contribution in [0.15, 0.2) is 24.3 Å². The lowest BCUT2D eigenvalue weighted by Gasteiger charge is -2.13. The van der Waals surface area contributed by atoms with E-state index in [0.717, 1.165) is 6.54 Å². The Morgan fingerprint density at radius 2 is 1.93 bits per heavy atom. The topological polar surface area (TPSA) is 12.0 Å². The second kappa shape index (κ2) is 7.23. The van der Waals surface area contributed by atoms with Crippen molar-refractivity contribution in [3.63, 3.8) is 0 Å². The molecule has 84 valence electrons. The molecular formula is C13H20IN. The van der Waals surface area contributed by atoms with Gasteiger partial charge in [0, 0.05) is 16.2 Å². The Hall–Kier alpha value is -0.0900. The maximum atomic E-state index is 3.55. The van der Waals surface area contributed by atoms with Gasteiger partial charge in [-0.2, -0.15) is 0 Å². The van der Waals surface area contributed by atoms with Crippen LogP contribution in [0.2, 0.25) is 0 Å². The van der Waals surface area contributed by atoms with Crippen molar-refractivity contribution in [2.75, 3.05) is 0 Å². The predicted octanol–water partition coefficient (Wildman–Crippen LogP) is 3.96. The molecule has 0 aliphatic carbocycles. The van der Waals surface area contributed by atoms with Crippen LogP contribution >= 0.6 is 22.6 Å². The highest BCUT2D eigenvalue weighted by molar-refractivity contribution is 14.1. The lowest BCUT2D eigenvalue weighted by Crippen LogP contribution is -2.25. The fourth-order valence-electron chi connectivity index (χ4n) is 1.51. The number of unbranched alkanes of at least 4 members (excludes halogenated alkanes) is 1. The molecule has 2 heteroatoms. The summed E-state index contributed by atoms with van der Waals surface area (Å²) in [5.41, 5.74) is 1.37. The van der Waals surface area contributed by atoms with Crippen LogP contribution in [-0.4, -0.2) is 6.04 Å². The maximum Gasteiger partial charge on any atom is 0.0207 e. The first kappa shape index (κ1) is 13.0. The average molecular weight is 317 g/mol. The van der Waals surface area contributed by atoms with Crippen LogP contribution in [0, 0.1) is 3.57 Å². The van der Waals surface area contributed by atoms with Crippen molar-refractivity contribution >= 4 is 22.6 Å². The minimum Gasteiger partial charge on any atom is -0.310 e. The van der Waals surface area contributed by atoms with Crippen LogP contribution in [0.3, 0.4) is 0 Å². The Morgan fingerprint density at radius 1 is 1.27 bits per heavy atom. The second-order valence-corrected chi connectivity index (χ2v) is 5.30. The first-order valence-corrected chi connectivity index (χ1v) is 6.78. The number of halogens is 1. The molecule has 1 aromatic carbocycles. The first-order valence-electron chi connectivity index (χ1n) is 5.70. The summed E-state index contributed by atoms with van der Waals surface area (Å²) in [6.45, 7) is 5.50. The molecule has 0 saturated carbocycles. The van der Waals surface area contributed by atoms with Crippen LogP contribution in [-0.2, 0) is 6.54 Å². The molecule has 0 amide bonds. The molecule has 0 aliphatic rings. The van der Waals surface area contributed by atoms with Crippen LogP contribution in [0.4, 0.5) is 0 Å². The van der Waals surface area contributed by atoms with Gasteiger partial charge in [0.1, 0.15) is 0 Å². The number of hydrogen-bond acceptors (Lipinski definition) is 1. The summed E-state index contributed by atoms with van der Waals surface area (Å²) >= 11 is 2.34. The molecule has 1 aromatic rings. The molecule has 0 heterocycles. The van der Waals surface area contributed by atoms with E-state index in [4.69, 9.17) is 0 Å². The number of hydrogen-bond donors (Lipinski definition) is 1. The molecule has 0 aromatic heterocycles. The summed E-state index contributed by atoms with van der Waals surface area (Å²) < 4.78 is 1.30. The third-order valence-corrected chi connectivity index (χ3v) is 3.28. The molecule has 1 atom stereocenters. The van der Waals surface area contributed by atoms with Crippen molar-refractivity contribution in [2.24, 2.45) is 0 Å². The van der Waals surface area contributed by atoms with Crippen LogP contribution in [0.5, 0.6) is 0 Å². The highest BCUT2D eigenvalue weighted by Crippen LogP contribution is 2.07. The van der Waals surface area contributed by atoms with Gasteiger partial charge in [-0.05, 0) is 53.6 Å². The molecule has 1 nitrogen and oxygen atoms in total. The van der Waals surface area contributed by atoms with Crippen molar-refractivity contribution < 1.29 is 0 Å². The molecule has 0 fully saturated rings. The van der Waals surface area contributed by atoms with Crippen molar-refractivity contribution in [1.82, 2.24) is 5.32 Å². The van der Waals surface area contributed by atoms with Gasteiger partial charge in [-0.15, -0.1) is 0 Å². The van der Waals surface area contributed by atoms with E-state index < -0.39 is 0 Å². The number of rotatable bonds is 6. The van der Waals surface area contributed by atoms with Gasteiger partial charge < -0.3 is 5.32 Å². The standard InChI is InChI=1S/C13H20IN/c1-3-4-5-11(2)15-10-12-6-8-13(14)9-7-12/h6-9,11,15H,3-5,10H2,1-2H3. The molecule has 0 radical (unpaired) electrons. The molecule has 1 rings (SSSR count). The number of nitrogens with one attached hydrogen (secondary N) is 1. The van der Waals surface area contributed by atoms with E-state index >= 15 is 0 Å². The average Bonchev–Trinajstić information content (AvgIpc) is 2.25. The molecule has 0 aliphatic heterocycles. The van der Waals surface area contributed by atoms with E-state index in [1.54, 1.807) is 0 Å². The predicted molar refractivity (Wildman–Crippen MR) is 75.0 cm³/mol. The minimum absolute atomic E-state index is 0.629. The largest absolute Gasteiger partial charge is 0.310 e. The Kier molecular flexibility index (Phi) is 6.25. The zero-order valence-corrected chi connectivity index (χ0v) is 11.8. The van der Waals surface area contributed by atoms with Gasteiger partial charge in [0.15, 0.2) is 0 Å². The Balaban J connectivity index is 2.27. The van der Waals surface area contributed by atoms with Crippen molar-refractivity contribution in [1.29, 1.82) is 0 Å². The van der Waals surface area contributed by atoms with Crippen molar-refractivity contribution in [3.8, 4) is 0 Å². The molecule has 0 saturated heterocycles. The third-order valence-electron chi connectivity index (χ3n) is 2.56. The summed E-state index contributed by atoms with van der Waals surface area (Å²) in [6.07, 6.45) is 3.89. The van der Waals surface area contributed by atoms with Gasteiger partial charge in [-0.1, -0.05) is 31.9 Å². The molecular weight excluding hydrogens is 297 g/mol. The quantitative estimate of drug-likeness (QED) is 0.783. The normalized spacial score (nSPS) is 12.7. The van der Waals surface area contributed by atoms with Gasteiger partial charge in [0.25, 0.3) is 0 Å². The van der Waals surface area contributed by atoms with E-state index in [1.165, 1.54) is 28.4 Å². The van der Waals surface area contributed by atoms with Crippen LogP contribution in [0.1, 0.15) is 38.7 Å². The van der Waals surface area contributed by atoms with E-state index in [9.17, 15) is 0 Å². The lowest BCUT2D eigenvalue weighted by molar-refractivity contribution is 0.495. The molecule has 15 heavy (non-hydrogen) atoms. The zero-order chi connectivity index (χ0) is 11.1. The second-order valence-electron chi connectivity index (χ2n) is 4.05. The molecule has 1 N–H and O–H groups in total. The van der Waals surface area contributed by atoms with E-state index in [1.807, 2.05) is 0 Å². The minimum atomic E-state index is 0.629. The van der Waals surface area contributed by atoms with Crippen LogP contribution < -0.4 is 5.32 Å². The summed E-state index contributed by atoms with van der Waals surface area (Å²) in [5.74, 6) is 0. The molecule has 0 spiro atoms. The van der Waals surface area contributed by atoms with Gasteiger partial charge in [0.05, 0.1) is 0 Å². The summed E-state index contributed by atoms with van der Waals surface area (Å²) in [4.78, 5) is 0. The summed E-state index contributed by atoms with van der Waals surface area (Å²) in [7, 11) is 0. The lowest BCUT2D eigenvalue weighted by atomic mass is 10.1. The zero-order valence-electron chi connectivity index (χ0n) is 9.59. The van der Waals surface area contributed by atoms with Crippen LogP contribution in [0.25, 0.3) is 0 Å². The van der Waals surface area contributed by atoms with Gasteiger partial charge in [0.2, 0.25) is 0 Å². The van der Waals surface area contributed by atoms with E-state index in [2.05, 4.69) is 66.0 Å². The third kappa shape index (κ3) is 5.52. The van der Waals surface area contributed by atoms with Crippen molar-refractivity contribution in [2.45, 2.75) is 45.7 Å².